The maximum absolute atomic E-state index is 5.13. The Bertz CT molecular complexity index is 478. The monoisotopic (exact) mass is 204 g/mol. The maximum Gasteiger partial charge on any atom is 0.178 e. The molecule has 0 unspecified atom stereocenters. The van der Waals surface area contributed by atoms with Gasteiger partial charge in [-0.2, -0.15) is 4.68 Å². The molecule has 3 heterocycles. The summed E-state index contributed by atoms with van der Waals surface area (Å²) < 4.78 is 6.62. The van der Waals surface area contributed by atoms with Crippen LogP contribution >= 0.6 is 0 Å². The molecule has 1 aliphatic rings. The number of ether oxygens (including phenoxy) is 1. The second kappa shape index (κ2) is 3.06. The van der Waals surface area contributed by atoms with Gasteiger partial charge in [-0.3, -0.25) is 0 Å². The average Bonchev–Trinajstić information content (AvgIpc) is 2.95. The van der Waals surface area contributed by atoms with Crippen molar-refractivity contribution in [3.63, 3.8) is 0 Å². The molecule has 0 N–H and O–H groups in total. The van der Waals surface area contributed by atoms with Gasteiger partial charge in [0.05, 0.1) is 24.2 Å². The number of hydrogen-bond acceptors (Lipinski definition) is 6. The van der Waals surface area contributed by atoms with Crippen molar-refractivity contribution in [2.24, 2.45) is 0 Å². The third kappa shape index (κ3) is 1.46. The number of tetrazole rings is 1. The molecule has 1 saturated heterocycles. The summed E-state index contributed by atoms with van der Waals surface area (Å²) in [5.74, 6) is 0.643. The van der Waals surface area contributed by atoms with Gasteiger partial charge in [0.15, 0.2) is 5.82 Å². The first-order valence-corrected chi connectivity index (χ1v) is 4.53. The molecule has 0 aliphatic carbocycles. The van der Waals surface area contributed by atoms with E-state index in [0.29, 0.717) is 5.82 Å². The lowest BCUT2D eigenvalue weighted by atomic mass is 10.3. The third-order valence-electron chi connectivity index (χ3n) is 2.17. The normalized spacial score (nSPS) is 19.1. The standard InChI is InChI=1S/C8H8N6O/c1-5-8(14-4-10-12-13-14)9-2-6(11-5)7-3-15-7/h2,4,7H,3H2,1H3/t7-/m1/s1. The second-order valence-corrected chi connectivity index (χ2v) is 3.28. The predicted molar refractivity (Wildman–Crippen MR) is 48.2 cm³/mol. The van der Waals surface area contributed by atoms with Gasteiger partial charge in [0.1, 0.15) is 12.4 Å². The topological polar surface area (TPSA) is 81.9 Å². The minimum atomic E-state index is 0.124. The van der Waals surface area contributed by atoms with Crippen molar-refractivity contribution in [3.8, 4) is 5.82 Å². The van der Waals surface area contributed by atoms with Gasteiger partial charge in [0.25, 0.3) is 0 Å². The lowest BCUT2D eigenvalue weighted by molar-refractivity contribution is 0.410. The minimum absolute atomic E-state index is 0.124. The first-order valence-electron chi connectivity index (χ1n) is 4.53. The lowest BCUT2D eigenvalue weighted by Crippen LogP contribution is -2.05. The highest BCUT2D eigenvalue weighted by atomic mass is 16.6. The van der Waals surface area contributed by atoms with Gasteiger partial charge >= 0.3 is 0 Å². The Morgan fingerprint density at radius 1 is 1.53 bits per heavy atom. The van der Waals surface area contributed by atoms with Crippen LogP contribution in [0.3, 0.4) is 0 Å². The molecule has 0 bridgehead atoms. The molecular formula is C8H8N6O. The summed E-state index contributed by atoms with van der Waals surface area (Å²) in [5, 5.41) is 10.9. The Hall–Kier alpha value is -1.89. The molecule has 2 aromatic rings. The largest absolute Gasteiger partial charge is 0.366 e. The molecule has 0 saturated carbocycles. The van der Waals surface area contributed by atoms with Crippen LogP contribution in [0.1, 0.15) is 17.5 Å². The number of hydrogen-bond donors (Lipinski definition) is 0. The lowest BCUT2D eigenvalue weighted by Gasteiger charge is -2.03. The van der Waals surface area contributed by atoms with E-state index in [1.807, 2.05) is 6.92 Å². The molecule has 0 amide bonds. The van der Waals surface area contributed by atoms with Gasteiger partial charge in [0, 0.05) is 0 Å². The number of aromatic nitrogens is 6. The molecule has 7 nitrogen and oxygen atoms in total. The van der Waals surface area contributed by atoms with Crippen LogP contribution in [0.4, 0.5) is 0 Å². The summed E-state index contributed by atoms with van der Waals surface area (Å²) in [4.78, 5) is 8.65. The predicted octanol–water partition coefficient (Wildman–Crippen LogP) is -0.168. The fourth-order valence-electron chi connectivity index (χ4n) is 1.35. The quantitative estimate of drug-likeness (QED) is 0.632. The summed E-state index contributed by atoms with van der Waals surface area (Å²) in [5.41, 5.74) is 1.65. The number of aryl methyl sites for hydroxylation is 1. The van der Waals surface area contributed by atoms with Crippen molar-refractivity contribution in [2.45, 2.75) is 13.0 Å². The first kappa shape index (κ1) is 8.42. The van der Waals surface area contributed by atoms with E-state index in [4.69, 9.17) is 4.74 Å². The molecule has 1 aliphatic heterocycles. The molecule has 15 heavy (non-hydrogen) atoms. The molecule has 0 radical (unpaired) electrons. The third-order valence-corrected chi connectivity index (χ3v) is 2.17. The molecular weight excluding hydrogens is 196 g/mol. The molecule has 0 aromatic carbocycles. The van der Waals surface area contributed by atoms with Crippen LogP contribution in [0.5, 0.6) is 0 Å². The zero-order valence-corrected chi connectivity index (χ0v) is 8.03. The van der Waals surface area contributed by atoms with Crippen LogP contribution in [0.25, 0.3) is 5.82 Å². The van der Waals surface area contributed by atoms with Crippen molar-refractivity contribution < 1.29 is 4.74 Å². The zero-order chi connectivity index (χ0) is 10.3. The summed E-state index contributed by atoms with van der Waals surface area (Å²) in [6, 6.07) is 0. The molecule has 0 spiro atoms. The maximum atomic E-state index is 5.13. The summed E-state index contributed by atoms with van der Waals surface area (Å²) >= 11 is 0. The van der Waals surface area contributed by atoms with E-state index in [2.05, 4.69) is 25.5 Å². The number of epoxide rings is 1. The van der Waals surface area contributed by atoms with Gasteiger partial charge in [-0.15, -0.1) is 5.10 Å². The highest BCUT2D eigenvalue weighted by Gasteiger charge is 2.27. The van der Waals surface area contributed by atoms with Gasteiger partial charge < -0.3 is 4.74 Å². The van der Waals surface area contributed by atoms with E-state index >= 15 is 0 Å². The van der Waals surface area contributed by atoms with Crippen LogP contribution in [-0.2, 0) is 4.74 Å². The van der Waals surface area contributed by atoms with Crippen LogP contribution in [0, 0.1) is 6.92 Å². The fourth-order valence-corrected chi connectivity index (χ4v) is 1.35. The Morgan fingerprint density at radius 3 is 3.00 bits per heavy atom. The smallest absolute Gasteiger partial charge is 0.178 e. The second-order valence-electron chi connectivity index (χ2n) is 3.28. The van der Waals surface area contributed by atoms with E-state index in [9.17, 15) is 0 Å². The highest BCUT2D eigenvalue weighted by Crippen LogP contribution is 2.28. The van der Waals surface area contributed by atoms with Crippen LogP contribution in [0.15, 0.2) is 12.5 Å². The van der Waals surface area contributed by atoms with Gasteiger partial charge in [-0.25, -0.2) is 9.97 Å². The van der Waals surface area contributed by atoms with Gasteiger partial charge in [-0.1, -0.05) is 0 Å². The molecule has 2 aromatic heterocycles. The Morgan fingerprint density at radius 2 is 2.40 bits per heavy atom. The summed E-state index contributed by atoms with van der Waals surface area (Å²) in [6.07, 6.45) is 3.31. The van der Waals surface area contributed by atoms with E-state index in [1.54, 1.807) is 6.20 Å². The van der Waals surface area contributed by atoms with Gasteiger partial charge in [-0.05, 0) is 17.4 Å². The van der Waals surface area contributed by atoms with E-state index in [1.165, 1.54) is 11.0 Å². The van der Waals surface area contributed by atoms with Crippen molar-refractivity contribution in [2.75, 3.05) is 6.61 Å². The van der Waals surface area contributed by atoms with E-state index < -0.39 is 0 Å². The highest BCUT2D eigenvalue weighted by molar-refractivity contribution is 5.27. The Balaban J connectivity index is 2.02. The number of rotatable bonds is 2. The minimum Gasteiger partial charge on any atom is -0.366 e. The van der Waals surface area contributed by atoms with E-state index in [0.717, 1.165) is 18.0 Å². The van der Waals surface area contributed by atoms with Crippen molar-refractivity contribution >= 4 is 0 Å². The van der Waals surface area contributed by atoms with Crippen LogP contribution < -0.4 is 0 Å². The zero-order valence-electron chi connectivity index (χ0n) is 8.03. The van der Waals surface area contributed by atoms with Crippen molar-refractivity contribution in [1.29, 1.82) is 0 Å². The number of nitrogens with zero attached hydrogens (tertiary/aromatic N) is 6. The Kier molecular flexibility index (Phi) is 1.72. The van der Waals surface area contributed by atoms with Crippen LogP contribution in [-0.4, -0.2) is 36.8 Å². The Labute approximate surface area is 85.1 Å². The fraction of sp³-hybridized carbons (Fsp3) is 0.375. The molecule has 7 heteroatoms. The van der Waals surface area contributed by atoms with Crippen LogP contribution in [0.2, 0.25) is 0 Å². The van der Waals surface area contributed by atoms with Crippen molar-refractivity contribution in [1.82, 2.24) is 30.2 Å². The summed E-state index contributed by atoms with van der Waals surface area (Å²) in [6.45, 7) is 2.61. The van der Waals surface area contributed by atoms with E-state index in [-0.39, 0.29) is 6.10 Å². The molecule has 1 fully saturated rings. The molecule has 76 valence electrons. The molecule has 1 atom stereocenters. The average molecular weight is 204 g/mol. The SMILES string of the molecule is Cc1nc([C@H]2CO2)cnc1-n1cnnn1. The van der Waals surface area contributed by atoms with Gasteiger partial charge in [0.2, 0.25) is 0 Å². The first-order chi connectivity index (χ1) is 7.34. The van der Waals surface area contributed by atoms with Crippen molar-refractivity contribution in [3.05, 3.63) is 23.9 Å². The molecule has 3 rings (SSSR count). The summed E-state index contributed by atoms with van der Waals surface area (Å²) in [7, 11) is 0.